The Balaban J connectivity index is 0.00000316. The van der Waals surface area contributed by atoms with Crippen molar-refractivity contribution < 1.29 is 25.8 Å². The molecule has 208 valence electrons. The minimum Gasteiger partial charge on any atom is -0.509 e. The van der Waals surface area contributed by atoms with Crippen molar-refractivity contribution in [2.24, 2.45) is 0 Å². The fraction of sp³-hybridized carbons (Fsp3) is 0.0571. The van der Waals surface area contributed by atoms with E-state index >= 15 is 0 Å². The average Bonchev–Trinajstić information content (AvgIpc) is 3.60. The summed E-state index contributed by atoms with van der Waals surface area (Å²) >= 11 is 0. The first-order chi connectivity index (χ1) is 20.1. The second-order valence-electron chi connectivity index (χ2n) is 9.92. The summed E-state index contributed by atoms with van der Waals surface area (Å²) < 4.78 is 8.34. The van der Waals surface area contributed by atoms with Gasteiger partial charge < -0.3 is 19.1 Å². The van der Waals surface area contributed by atoms with Crippen molar-refractivity contribution in [3.8, 4) is 23.4 Å². The maximum Gasteiger partial charge on any atom is 0.135 e. The number of nitrogens with zero attached hydrogens (tertiary/aromatic N) is 5. The molecule has 7 heteroatoms. The van der Waals surface area contributed by atoms with Crippen LogP contribution in [0.2, 0.25) is 0 Å². The van der Waals surface area contributed by atoms with E-state index in [0.717, 1.165) is 33.3 Å². The summed E-state index contributed by atoms with van der Waals surface area (Å²) in [4.78, 5) is 8.74. The van der Waals surface area contributed by atoms with Crippen LogP contribution in [0.5, 0.6) is 11.5 Å². The Morgan fingerprint density at radius 3 is 2.38 bits per heavy atom. The monoisotopic (exact) mass is 725 g/mol. The van der Waals surface area contributed by atoms with Gasteiger partial charge in [-0.05, 0) is 73.1 Å². The molecule has 0 aliphatic carbocycles. The SMILES string of the molecule is Cc1cccc(C)c1N1C=CN(c2[c-]c(Oc3[c-]c4c(cc3)c3cc(C#N)ccc3n4-c3ccccn3)ccc2)[CH-]1.[Pt]. The number of ether oxygens (including phenoxy) is 1. The van der Waals surface area contributed by atoms with Crippen molar-refractivity contribution in [2.75, 3.05) is 9.80 Å². The van der Waals surface area contributed by atoms with Gasteiger partial charge in [0.15, 0.2) is 0 Å². The Morgan fingerprint density at radius 1 is 0.810 bits per heavy atom. The molecule has 0 bridgehead atoms. The first-order valence-corrected chi connectivity index (χ1v) is 13.3. The van der Waals surface area contributed by atoms with Gasteiger partial charge in [0.25, 0.3) is 0 Å². The van der Waals surface area contributed by atoms with Crippen molar-refractivity contribution in [1.82, 2.24) is 9.55 Å². The molecule has 2 aromatic heterocycles. The molecular weight excluding hydrogens is 701 g/mol. The third kappa shape index (κ3) is 4.83. The molecule has 6 nitrogen and oxygen atoms in total. The summed E-state index contributed by atoms with van der Waals surface area (Å²) in [5.41, 5.74) is 6.84. The Morgan fingerprint density at radius 2 is 1.60 bits per heavy atom. The van der Waals surface area contributed by atoms with Gasteiger partial charge in [-0.15, -0.1) is 48.1 Å². The van der Waals surface area contributed by atoms with Crippen LogP contribution in [0, 0.1) is 44.0 Å². The van der Waals surface area contributed by atoms with Crippen molar-refractivity contribution in [3.05, 3.63) is 139 Å². The number of anilines is 2. The van der Waals surface area contributed by atoms with Crippen LogP contribution in [-0.4, -0.2) is 9.55 Å². The molecule has 0 atom stereocenters. The predicted octanol–water partition coefficient (Wildman–Crippen LogP) is 7.97. The number of fused-ring (bicyclic) bond motifs is 3. The molecule has 0 N–H and O–H groups in total. The molecule has 1 aliphatic rings. The maximum absolute atomic E-state index is 9.49. The molecule has 0 spiro atoms. The van der Waals surface area contributed by atoms with E-state index in [1.807, 2.05) is 95.3 Å². The van der Waals surface area contributed by atoms with Crippen molar-refractivity contribution >= 4 is 33.2 Å². The molecule has 0 unspecified atom stereocenters. The standard InChI is InChI=1S/C35H24N5O.Pt/c1-24-7-5-8-25(2)35(24)39-18-17-38(23-39)27-9-6-10-28(20-27)41-29-13-14-30-31-19-26(22-36)12-15-32(31)40(33(30)21-29)34-11-3-4-16-37-34;/h3-19,23H,1-2H3;/q-3;. The molecule has 3 heterocycles. The van der Waals surface area contributed by atoms with Crippen LogP contribution in [0.1, 0.15) is 16.7 Å². The number of hydrogen-bond acceptors (Lipinski definition) is 5. The first-order valence-electron chi connectivity index (χ1n) is 13.3. The Kier molecular flexibility index (Phi) is 7.29. The van der Waals surface area contributed by atoms with Gasteiger partial charge in [-0.1, -0.05) is 29.8 Å². The zero-order valence-corrected chi connectivity index (χ0v) is 25.1. The largest absolute Gasteiger partial charge is 0.509 e. The molecule has 4 aromatic carbocycles. The summed E-state index contributed by atoms with van der Waals surface area (Å²) in [6.07, 6.45) is 5.83. The third-order valence-electron chi connectivity index (χ3n) is 7.24. The average molecular weight is 726 g/mol. The van der Waals surface area contributed by atoms with Gasteiger partial charge in [0, 0.05) is 50.0 Å². The normalized spacial score (nSPS) is 12.5. The molecule has 0 saturated carbocycles. The summed E-state index contributed by atoms with van der Waals surface area (Å²) in [6.45, 7) is 6.29. The summed E-state index contributed by atoms with van der Waals surface area (Å²) in [7, 11) is 0. The molecule has 1 aliphatic heterocycles. The van der Waals surface area contributed by atoms with E-state index in [9.17, 15) is 5.26 Å². The van der Waals surface area contributed by atoms with Gasteiger partial charge in [0.05, 0.1) is 11.6 Å². The van der Waals surface area contributed by atoms with Crippen molar-refractivity contribution in [3.63, 3.8) is 0 Å². The van der Waals surface area contributed by atoms with Crippen molar-refractivity contribution in [1.29, 1.82) is 5.26 Å². The first kappa shape index (κ1) is 27.3. The molecule has 6 aromatic rings. The summed E-state index contributed by atoms with van der Waals surface area (Å²) in [5, 5.41) is 11.4. The minimum atomic E-state index is 0. The van der Waals surface area contributed by atoms with Gasteiger partial charge in [-0.25, -0.2) is 4.98 Å². The van der Waals surface area contributed by atoms with E-state index < -0.39 is 0 Å². The van der Waals surface area contributed by atoms with Crippen LogP contribution in [0.25, 0.3) is 27.6 Å². The molecule has 0 amide bonds. The Bertz CT molecular complexity index is 1990. The molecule has 0 fully saturated rings. The zero-order valence-electron chi connectivity index (χ0n) is 22.9. The van der Waals surface area contributed by atoms with E-state index in [-0.39, 0.29) is 21.1 Å². The quantitative estimate of drug-likeness (QED) is 0.169. The second kappa shape index (κ2) is 11.2. The minimum absolute atomic E-state index is 0. The van der Waals surface area contributed by atoms with E-state index in [4.69, 9.17) is 4.74 Å². The van der Waals surface area contributed by atoms with Crippen LogP contribution < -0.4 is 14.5 Å². The van der Waals surface area contributed by atoms with Gasteiger partial charge >= 0.3 is 0 Å². The second-order valence-corrected chi connectivity index (χ2v) is 9.92. The van der Waals surface area contributed by atoms with Gasteiger partial charge in [-0.2, -0.15) is 17.4 Å². The van der Waals surface area contributed by atoms with E-state index in [1.54, 1.807) is 6.20 Å². The van der Waals surface area contributed by atoms with Gasteiger partial charge in [0.2, 0.25) is 0 Å². The third-order valence-corrected chi connectivity index (χ3v) is 7.24. The van der Waals surface area contributed by atoms with E-state index in [2.05, 4.69) is 60.1 Å². The van der Waals surface area contributed by atoms with Crippen LogP contribution in [0.15, 0.2) is 104 Å². The topological polar surface area (TPSA) is 57.3 Å². The molecule has 0 radical (unpaired) electrons. The number of rotatable bonds is 5. The zero-order chi connectivity index (χ0) is 27.9. The number of pyridine rings is 1. The molecule has 42 heavy (non-hydrogen) atoms. The summed E-state index contributed by atoms with van der Waals surface area (Å²) in [5.74, 6) is 1.91. The number of nitriles is 1. The van der Waals surface area contributed by atoms with Gasteiger partial charge in [0.1, 0.15) is 5.82 Å². The van der Waals surface area contributed by atoms with Crippen LogP contribution in [0.3, 0.4) is 0 Å². The molecule has 0 saturated heterocycles. The predicted molar refractivity (Wildman–Crippen MR) is 162 cm³/mol. The van der Waals surface area contributed by atoms with Crippen molar-refractivity contribution in [2.45, 2.75) is 13.8 Å². The molecule has 7 rings (SSSR count). The number of aromatic nitrogens is 2. The smallest absolute Gasteiger partial charge is 0.135 e. The number of aryl methyl sites for hydroxylation is 2. The van der Waals surface area contributed by atoms with Crippen LogP contribution in [0.4, 0.5) is 11.4 Å². The Labute approximate surface area is 259 Å². The van der Waals surface area contributed by atoms with Crippen LogP contribution in [-0.2, 0) is 21.1 Å². The maximum atomic E-state index is 9.49. The van der Waals surface area contributed by atoms with E-state index in [0.29, 0.717) is 17.1 Å². The van der Waals surface area contributed by atoms with Gasteiger partial charge in [-0.3, -0.25) is 0 Å². The fourth-order valence-electron chi connectivity index (χ4n) is 5.38. The summed E-state index contributed by atoms with van der Waals surface area (Å²) in [6, 6.07) is 36.6. The fourth-order valence-corrected chi connectivity index (χ4v) is 5.38. The van der Waals surface area contributed by atoms with Crippen LogP contribution >= 0.6 is 0 Å². The number of hydrogen-bond donors (Lipinski definition) is 0. The number of para-hydroxylation sites is 1. The van der Waals surface area contributed by atoms with E-state index in [1.165, 1.54) is 16.8 Å². The Hall–Kier alpha value is -4.85. The number of benzene rings is 4. The molecular formula is C35H24N5OPt-3.